The second kappa shape index (κ2) is 8.51. The van der Waals surface area contributed by atoms with E-state index in [1.165, 1.54) is 17.3 Å². The summed E-state index contributed by atoms with van der Waals surface area (Å²) in [5, 5.41) is 8.87. The molecule has 2 N–H and O–H groups in total. The highest BCUT2D eigenvalue weighted by molar-refractivity contribution is 8.00. The minimum atomic E-state index is -0.578. The van der Waals surface area contributed by atoms with Gasteiger partial charge >= 0.3 is 0 Å². The summed E-state index contributed by atoms with van der Waals surface area (Å²) in [6.07, 6.45) is 3.44. The van der Waals surface area contributed by atoms with Crippen LogP contribution in [-0.2, 0) is 4.79 Å². The first-order valence-corrected chi connectivity index (χ1v) is 10.4. The number of aromatic nitrogens is 4. The molecule has 6 nitrogen and oxygen atoms in total. The molecule has 2 heterocycles. The Bertz CT molecular complexity index is 1170. The number of hydrogen-bond donors (Lipinski definition) is 1. The molecule has 0 saturated carbocycles. The Morgan fingerprint density at radius 1 is 0.967 bits per heavy atom. The highest BCUT2D eigenvalue weighted by Gasteiger charge is 2.25. The molecule has 0 fully saturated rings. The largest absolute Gasteiger partial charge is 0.368 e. The molecule has 1 atom stereocenters. The number of amides is 1. The van der Waals surface area contributed by atoms with Gasteiger partial charge in [0.15, 0.2) is 11.0 Å². The lowest BCUT2D eigenvalue weighted by Gasteiger charge is -2.16. The highest BCUT2D eigenvalue weighted by Crippen LogP contribution is 2.37. The van der Waals surface area contributed by atoms with E-state index in [9.17, 15) is 4.79 Å². The maximum atomic E-state index is 12.3. The van der Waals surface area contributed by atoms with Gasteiger partial charge in [-0.3, -0.25) is 14.3 Å². The molecule has 0 unspecified atom stereocenters. The van der Waals surface area contributed by atoms with Crippen molar-refractivity contribution in [2.24, 2.45) is 5.73 Å². The second-order valence-corrected chi connectivity index (χ2v) is 8.03. The summed E-state index contributed by atoms with van der Waals surface area (Å²) in [4.78, 5) is 16.4. The van der Waals surface area contributed by atoms with Gasteiger partial charge in [0.2, 0.25) is 5.91 Å². The minimum absolute atomic E-state index is 0.425. The van der Waals surface area contributed by atoms with Crippen molar-refractivity contribution in [2.75, 3.05) is 0 Å². The van der Waals surface area contributed by atoms with E-state index in [-0.39, 0.29) is 0 Å². The molecule has 30 heavy (non-hydrogen) atoms. The van der Waals surface area contributed by atoms with Gasteiger partial charge in [0, 0.05) is 18.0 Å². The number of carbonyl (C=O) groups excluding carboxylic acids is 1. The lowest BCUT2D eigenvalue weighted by molar-refractivity contribution is -0.117. The Labute approximate surface area is 179 Å². The first-order chi connectivity index (χ1) is 14.5. The second-order valence-electron chi connectivity index (χ2n) is 6.96. The van der Waals surface area contributed by atoms with Crippen LogP contribution in [0.5, 0.6) is 0 Å². The van der Waals surface area contributed by atoms with Crippen molar-refractivity contribution >= 4 is 17.7 Å². The van der Waals surface area contributed by atoms with Gasteiger partial charge in [-0.1, -0.05) is 48.2 Å². The number of nitrogens with zero attached hydrogens (tertiary/aromatic N) is 4. The van der Waals surface area contributed by atoms with Crippen LogP contribution in [0.15, 0.2) is 78.2 Å². The van der Waals surface area contributed by atoms with E-state index < -0.39 is 11.2 Å². The summed E-state index contributed by atoms with van der Waals surface area (Å²) in [6, 6.07) is 19.4. The third-order valence-corrected chi connectivity index (χ3v) is 6.12. The molecule has 1 amide bonds. The molecule has 4 rings (SSSR count). The lowest BCUT2D eigenvalue weighted by atomic mass is 10.1. The molecular formula is C23H21N5OS. The van der Waals surface area contributed by atoms with E-state index in [1.54, 1.807) is 12.4 Å². The number of aryl methyl sites for hydroxylation is 2. The van der Waals surface area contributed by atoms with Gasteiger partial charge < -0.3 is 5.73 Å². The van der Waals surface area contributed by atoms with Gasteiger partial charge in [0.25, 0.3) is 0 Å². The maximum absolute atomic E-state index is 12.3. The van der Waals surface area contributed by atoms with Gasteiger partial charge in [-0.15, -0.1) is 10.2 Å². The van der Waals surface area contributed by atoms with Crippen LogP contribution in [0.3, 0.4) is 0 Å². The van der Waals surface area contributed by atoms with E-state index in [0.717, 1.165) is 22.4 Å². The Kier molecular flexibility index (Phi) is 5.63. The SMILES string of the molecule is Cc1ccc(-n2c(S[C@@H](C(N)=O)c3ccccc3)nnc2-c2ccncc2)cc1C. The summed E-state index contributed by atoms with van der Waals surface area (Å²) in [5.41, 5.74) is 10.7. The summed E-state index contributed by atoms with van der Waals surface area (Å²) in [5.74, 6) is 0.255. The fourth-order valence-electron chi connectivity index (χ4n) is 3.16. The molecule has 0 spiro atoms. The highest BCUT2D eigenvalue weighted by atomic mass is 32.2. The molecule has 0 bridgehead atoms. The normalized spacial score (nSPS) is 11.9. The van der Waals surface area contributed by atoms with Crippen molar-refractivity contribution < 1.29 is 4.79 Å². The standard InChI is InChI=1S/C23H21N5OS/c1-15-8-9-19(14-16(15)2)28-22(18-10-12-25-13-11-18)26-27-23(28)30-20(21(24)29)17-6-4-3-5-7-17/h3-14,20H,1-2H3,(H2,24,29)/t20-/m1/s1. The molecule has 4 aromatic rings. The monoisotopic (exact) mass is 415 g/mol. The van der Waals surface area contributed by atoms with Crippen LogP contribution in [0.25, 0.3) is 17.1 Å². The zero-order chi connectivity index (χ0) is 21.1. The van der Waals surface area contributed by atoms with E-state index in [4.69, 9.17) is 5.73 Å². The molecule has 0 radical (unpaired) electrons. The van der Waals surface area contributed by atoms with E-state index in [1.807, 2.05) is 53.1 Å². The number of hydrogen-bond acceptors (Lipinski definition) is 5. The molecule has 150 valence electrons. The molecular weight excluding hydrogens is 394 g/mol. The molecule has 0 saturated heterocycles. The average molecular weight is 416 g/mol. The zero-order valence-electron chi connectivity index (χ0n) is 16.7. The van der Waals surface area contributed by atoms with Crippen LogP contribution in [0.1, 0.15) is 21.9 Å². The summed E-state index contributed by atoms with van der Waals surface area (Å²) in [6.45, 7) is 4.14. The Hall–Kier alpha value is -3.45. The number of primary amides is 1. The van der Waals surface area contributed by atoms with Gasteiger partial charge in [-0.05, 0) is 54.8 Å². The minimum Gasteiger partial charge on any atom is -0.368 e. The molecule has 7 heteroatoms. The average Bonchev–Trinajstić information content (AvgIpc) is 3.18. The van der Waals surface area contributed by atoms with Crippen molar-refractivity contribution in [3.05, 3.63) is 89.7 Å². The van der Waals surface area contributed by atoms with Crippen molar-refractivity contribution in [1.29, 1.82) is 0 Å². The van der Waals surface area contributed by atoms with Crippen molar-refractivity contribution in [3.63, 3.8) is 0 Å². The first kappa shape index (κ1) is 19.8. The molecule has 0 aliphatic rings. The molecule has 2 aromatic carbocycles. The summed E-state index contributed by atoms with van der Waals surface area (Å²) < 4.78 is 1.96. The number of pyridine rings is 1. The van der Waals surface area contributed by atoms with Crippen molar-refractivity contribution in [3.8, 4) is 17.1 Å². The van der Waals surface area contributed by atoms with E-state index in [0.29, 0.717) is 11.0 Å². The van der Waals surface area contributed by atoms with E-state index in [2.05, 4.69) is 41.2 Å². The Morgan fingerprint density at radius 2 is 1.70 bits per heavy atom. The van der Waals surface area contributed by atoms with Crippen molar-refractivity contribution in [2.45, 2.75) is 24.3 Å². The first-order valence-electron chi connectivity index (χ1n) is 9.49. The topological polar surface area (TPSA) is 86.7 Å². The summed E-state index contributed by atoms with van der Waals surface area (Å²) >= 11 is 1.30. The maximum Gasteiger partial charge on any atom is 0.235 e. The molecule has 0 aliphatic heterocycles. The summed E-state index contributed by atoms with van der Waals surface area (Å²) in [7, 11) is 0. The van der Waals surface area contributed by atoms with Crippen molar-refractivity contribution in [1.82, 2.24) is 19.7 Å². The lowest BCUT2D eigenvalue weighted by Crippen LogP contribution is -2.19. The van der Waals surface area contributed by atoms with Gasteiger partial charge in [0.1, 0.15) is 5.25 Å². The van der Waals surface area contributed by atoms with Crippen LogP contribution in [-0.4, -0.2) is 25.7 Å². The van der Waals surface area contributed by atoms with Crippen LogP contribution in [0, 0.1) is 13.8 Å². The fourth-order valence-corrected chi connectivity index (χ4v) is 4.16. The van der Waals surface area contributed by atoms with Crippen LogP contribution < -0.4 is 5.73 Å². The fraction of sp³-hybridized carbons (Fsp3) is 0.130. The van der Waals surface area contributed by atoms with Crippen LogP contribution >= 0.6 is 11.8 Å². The Balaban J connectivity index is 1.84. The number of thioether (sulfide) groups is 1. The predicted octanol–water partition coefficient (Wildman–Crippen LogP) is 4.26. The quantitative estimate of drug-likeness (QED) is 0.475. The van der Waals surface area contributed by atoms with Crippen LogP contribution in [0.2, 0.25) is 0 Å². The molecule has 0 aliphatic carbocycles. The zero-order valence-corrected chi connectivity index (χ0v) is 17.5. The van der Waals surface area contributed by atoms with E-state index >= 15 is 0 Å². The third-order valence-electron chi connectivity index (χ3n) is 4.90. The number of carbonyl (C=O) groups is 1. The Morgan fingerprint density at radius 3 is 2.37 bits per heavy atom. The van der Waals surface area contributed by atoms with Gasteiger partial charge in [0.05, 0.1) is 5.69 Å². The van der Waals surface area contributed by atoms with Gasteiger partial charge in [-0.2, -0.15) is 0 Å². The number of rotatable bonds is 6. The van der Waals surface area contributed by atoms with Crippen LogP contribution in [0.4, 0.5) is 0 Å². The number of nitrogens with two attached hydrogens (primary N) is 1. The van der Waals surface area contributed by atoms with Gasteiger partial charge in [-0.25, -0.2) is 0 Å². The third kappa shape index (κ3) is 3.97. The number of benzene rings is 2. The smallest absolute Gasteiger partial charge is 0.235 e. The molecule has 2 aromatic heterocycles. The predicted molar refractivity (Wildman–Crippen MR) is 118 cm³/mol.